The molecule has 0 aliphatic carbocycles. The van der Waals surface area contributed by atoms with E-state index in [0.29, 0.717) is 30.2 Å². The molecule has 0 bridgehead atoms. The van der Waals surface area contributed by atoms with E-state index in [1.165, 1.54) is 12.1 Å². The molecule has 0 radical (unpaired) electrons. The summed E-state index contributed by atoms with van der Waals surface area (Å²) in [7, 11) is 1.56. The van der Waals surface area contributed by atoms with Crippen molar-refractivity contribution in [3.63, 3.8) is 0 Å². The highest BCUT2D eigenvalue weighted by Gasteiger charge is 2.31. The predicted molar refractivity (Wildman–Crippen MR) is 109 cm³/mol. The maximum Gasteiger partial charge on any atom is 0.573 e. The van der Waals surface area contributed by atoms with Gasteiger partial charge in [-0.15, -0.1) is 13.2 Å². The van der Waals surface area contributed by atoms with Gasteiger partial charge in [-0.25, -0.2) is 0 Å². The summed E-state index contributed by atoms with van der Waals surface area (Å²) in [5, 5.41) is 8.86. The quantitative estimate of drug-likeness (QED) is 0.449. The van der Waals surface area contributed by atoms with Crippen molar-refractivity contribution in [2.75, 3.05) is 13.6 Å². The summed E-state index contributed by atoms with van der Waals surface area (Å²) in [6.45, 7) is 3.06. The highest BCUT2D eigenvalue weighted by atomic mass is 19.4. The fourth-order valence-corrected chi connectivity index (χ4v) is 2.62. The molecular weight excluding hydrogens is 397 g/mol. The first-order chi connectivity index (χ1) is 14.3. The molecule has 0 spiro atoms. The zero-order valence-electron chi connectivity index (χ0n) is 16.8. The van der Waals surface area contributed by atoms with Crippen LogP contribution in [0.3, 0.4) is 0 Å². The number of alkyl halides is 3. The Morgan fingerprint density at radius 3 is 2.47 bits per heavy atom. The zero-order valence-corrected chi connectivity index (χ0v) is 16.8. The van der Waals surface area contributed by atoms with Crippen LogP contribution < -0.4 is 20.7 Å². The summed E-state index contributed by atoms with van der Waals surface area (Å²) in [5.74, 6) is -0.00104. The number of nitrogens with one attached hydrogen (secondary N) is 3. The molecule has 0 unspecified atom stereocenters. The van der Waals surface area contributed by atoms with Crippen LogP contribution in [0.5, 0.6) is 5.75 Å². The standard InChI is InChI=1S/C21H25F3N4O2/c1-3-11-26-19(29)16-9-6-7-15(12-16)13-27-20(25-2)28-14-17-8-4-5-10-18(17)30-21(22,23)24/h4-10,12H,3,11,13-14H2,1-2H3,(H,26,29)(H2,25,27,28). The molecule has 1 amide bonds. The third kappa shape index (κ3) is 7.65. The van der Waals surface area contributed by atoms with Crippen molar-refractivity contribution in [2.45, 2.75) is 32.8 Å². The number of guanidine groups is 1. The monoisotopic (exact) mass is 422 g/mol. The van der Waals surface area contributed by atoms with Gasteiger partial charge in [0, 0.05) is 37.8 Å². The zero-order chi connectivity index (χ0) is 22.0. The van der Waals surface area contributed by atoms with E-state index in [9.17, 15) is 18.0 Å². The first kappa shape index (κ1) is 23.1. The van der Waals surface area contributed by atoms with Gasteiger partial charge in [0.15, 0.2) is 5.96 Å². The lowest BCUT2D eigenvalue weighted by Gasteiger charge is -2.16. The molecule has 2 aromatic rings. The number of carbonyl (C=O) groups excluding carboxylic acids is 1. The molecule has 0 fully saturated rings. The van der Waals surface area contributed by atoms with E-state index in [-0.39, 0.29) is 18.2 Å². The van der Waals surface area contributed by atoms with Gasteiger partial charge in [0.2, 0.25) is 0 Å². The Labute approximate surface area is 173 Å². The average molecular weight is 422 g/mol. The van der Waals surface area contributed by atoms with Crippen LogP contribution in [0.2, 0.25) is 0 Å². The van der Waals surface area contributed by atoms with E-state index in [1.54, 1.807) is 37.4 Å². The van der Waals surface area contributed by atoms with Gasteiger partial charge in [-0.1, -0.05) is 37.3 Å². The van der Waals surface area contributed by atoms with Crippen molar-refractivity contribution < 1.29 is 22.7 Å². The second-order valence-corrected chi connectivity index (χ2v) is 6.39. The van der Waals surface area contributed by atoms with Gasteiger partial charge in [-0.2, -0.15) is 0 Å². The number of ether oxygens (including phenoxy) is 1. The summed E-state index contributed by atoms with van der Waals surface area (Å²) in [5.41, 5.74) is 1.76. The highest BCUT2D eigenvalue weighted by Crippen LogP contribution is 2.26. The number of benzene rings is 2. The van der Waals surface area contributed by atoms with Crippen molar-refractivity contribution >= 4 is 11.9 Å². The number of aliphatic imine (C=N–C) groups is 1. The minimum Gasteiger partial charge on any atom is -0.405 e. The average Bonchev–Trinajstić information content (AvgIpc) is 2.72. The van der Waals surface area contributed by atoms with Crippen LogP contribution in [-0.2, 0) is 13.1 Å². The van der Waals surface area contributed by atoms with E-state index in [1.807, 2.05) is 13.0 Å². The van der Waals surface area contributed by atoms with Crippen molar-refractivity contribution in [3.8, 4) is 5.75 Å². The predicted octanol–water partition coefficient (Wildman–Crippen LogP) is 3.59. The molecular formula is C21H25F3N4O2. The summed E-state index contributed by atoms with van der Waals surface area (Å²) >= 11 is 0. The molecule has 2 rings (SSSR count). The lowest BCUT2D eigenvalue weighted by atomic mass is 10.1. The molecule has 6 nitrogen and oxygen atoms in total. The Hall–Kier alpha value is -3.23. The second kappa shape index (κ2) is 11.1. The van der Waals surface area contributed by atoms with Gasteiger partial charge in [0.1, 0.15) is 5.75 Å². The third-order valence-corrected chi connectivity index (χ3v) is 4.05. The normalized spacial score (nSPS) is 11.7. The molecule has 30 heavy (non-hydrogen) atoms. The van der Waals surface area contributed by atoms with Gasteiger partial charge in [0.25, 0.3) is 5.91 Å². The Balaban J connectivity index is 1.94. The van der Waals surface area contributed by atoms with Crippen LogP contribution >= 0.6 is 0 Å². The number of hydrogen-bond acceptors (Lipinski definition) is 3. The van der Waals surface area contributed by atoms with Gasteiger partial charge < -0.3 is 20.7 Å². The van der Waals surface area contributed by atoms with E-state index in [4.69, 9.17) is 0 Å². The molecule has 0 heterocycles. The number of carbonyl (C=O) groups is 1. The number of rotatable bonds is 8. The highest BCUT2D eigenvalue weighted by molar-refractivity contribution is 5.94. The van der Waals surface area contributed by atoms with Crippen LogP contribution in [0.4, 0.5) is 13.2 Å². The molecule has 3 N–H and O–H groups in total. The second-order valence-electron chi connectivity index (χ2n) is 6.39. The number of para-hydroxylation sites is 1. The van der Waals surface area contributed by atoms with Crippen molar-refractivity contribution in [3.05, 3.63) is 65.2 Å². The van der Waals surface area contributed by atoms with E-state index in [2.05, 4.69) is 25.7 Å². The summed E-state index contributed by atoms with van der Waals surface area (Å²) in [6.07, 6.45) is -3.91. The van der Waals surface area contributed by atoms with Crippen molar-refractivity contribution in [2.24, 2.45) is 4.99 Å². The van der Waals surface area contributed by atoms with Gasteiger partial charge in [-0.05, 0) is 30.2 Å². The maximum absolute atomic E-state index is 12.5. The maximum atomic E-state index is 12.5. The molecule has 0 atom stereocenters. The Bertz CT molecular complexity index is 869. The van der Waals surface area contributed by atoms with Crippen molar-refractivity contribution in [1.29, 1.82) is 0 Å². The molecule has 162 valence electrons. The number of nitrogens with zero attached hydrogens (tertiary/aromatic N) is 1. The lowest BCUT2D eigenvalue weighted by Crippen LogP contribution is -2.36. The molecule has 9 heteroatoms. The molecule has 0 aliphatic heterocycles. The molecule has 0 aromatic heterocycles. The topological polar surface area (TPSA) is 74.8 Å². The summed E-state index contributed by atoms with van der Waals surface area (Å²) in [4.78, 5) is 16.2. The Morgan fingerprint density at radius 2 is 1.77 bits per heavy atom. The van der Waals surface area contributed by atoms with E-state index < -0.39 is 6.36 Å². The minimum absolute atomic E-state index is 0.0887. The molecule has 0 saturated carbocycles. The molecule has 0 saturated heterocycles. The van der Waals surface area contributed by atoms with Crippen LogP contribution in [0.15, 0.2) is 53.5 Å². The number of amides is 1. The van der Waals surface area contributed by atoms with Crippen LogP contribution in [0.1, 0.15) is 34.8 Å². The Kier molecular flexibility index (Phi) is 8.52. The number of hydrogen-bond donors (Lipinski definition) is 3. The summed E-state index contributed by atoms with van der Waals surface area (Å²) in [6, 6.07) is 13.1. The molecule has 2 aromatic carbocycles. The van der Waals surface area contributed by atoms with E-state index >= 15 is 0 Å². The lowest BCUT2D eigenvalue weighted by molar-refractivity contribution is -0.274. The van der Waals surface area contributed by atoms with Crippen LogP contribution in [0, 0.1) is 0 Å². The fourth-order valence-electron chi connectivity index (χ4n) is 2.62. The minimum atomic E-state index is -4.76. The SMILES string of the molecule is CCCNC(=O)c1cccc(CNC(=NC)NCc2ccccc2OC(F)(F)F)c1. The van der Waals surface area contributed by atoms with Crippen molar-refractivity contribution in [1.82, 2.24) is 16.0 Å². The third-order valence-electron chi connectivity index (χ3n) is 4.05. The first-order valence-electron chi connectivity index (χ1n) is 9.47. The first-order valence-corrected chi connectivity index (χ1v) is 9.47. The fraction of sp³-hybridized carbons (Fsp3) is 0.333. The van der Waals surface area contributed by atoms with Gasteiger partial charge in [0.05, 0.1) is 0 Å². The summed E-state index contributed by atoms with van der Waals surface area (Å²) < 4.78 is 41.7. The van der Waals surface area contributed by atoms with Crippen LogP contribution in [-0.4, -0.2) is 31.8 Å². The largest absolute Gasteiger partial charge is 0.573 e. The Morgan fingerprint density at radius 1 is 1.03 bits per heavy atom. The smallest absolute Gasteiger partial charge is 0.405 e. The van der Waals surface area contributed by atoms with Gasteiger partial charge >= 0.3 is 6.36 Å². The van der Waals surface area contributed by atoms with E-state index in [0.717, 1.165) is 12.0 Å². The number of halogens is 3. The van der Waals surface area contributed by atoms with Crippen LogP contribution in [0.25, 0.3) is 0 Å². The van der Waals surface area contributed by atoms with Gasteiger partial charge in [-0.3, -0.25) is 9.79 Å². The molecule has 0 aliphatic rings.